The maximum absolute atomic E-state index is 10.1. The third-order valence-corrected chi connectivity index (χ3v) is 3.36. The van der Waals surface area contributed by atoms with Crippen molar-refractivity contribution in [1.29, 1.82) is 0 Å². The van der Waals surface area contributed by atoms with Crippen molar-refractivity contribution < 1.29 is 5.11 Å². The van der Waals surface area contributed by atoms with Crippen LogP contribution in [-0.4, -0.2) is 21.0 Å². The number of aliphatic hydroxyl groups is 1. The molecule has 1 aliphatic rings. The van der Waals surface area contributed by atoms with E-state index in [-0.39, 0.29) is 6.10 Å². The molecule has 2 rings (SSSR count). The second kappa shape index (κ2) is 6.01. The van der Waals surface area contributed by atoms with Gasteiger partial charge in [0.15, 0.2) is 0 Å². The summed E-state index contributed by atoms with van der Waals surface area (Å²) in [4.78, 5) is 0. The molecule has 1 unspecified atom stereocenters. The lowest BCUT2D eigenvalue weighted by Gasteiger charge is -2.16. The third kappa shape index (κ3) is 3.70. The van der Waals surface area contributed by atoms with Crippen molar-refractivity contribution in [2.75, 3.05) is 0 Å². The monoisotopic (exact) mass is 234 g/mol. The Kier molecular flexibility index (Phi) is 4.37. The maximum Gasteiger partial charge on any atom is 0.0618 e. The van der Waals surface area contributed by atoms with E-state index in [1.54, 1.807) is 0 Å². The highest BCUT2D eigenvalue weighted by molar-refractivity contribution is 5.10. The topological polar surface area (TPSA) is 38.0 Å². The maximum atomic E-state index is 10.1. The SMILES string of the molecule is CCn1cc(CC(O)CC2=CCCCC2)cn1. The summed E-state index contributed by atoms with van der Waals surface area (Å²) in [7, 11) is 0. The van der Waals surface area contributed by atoms with Crippen LogP contribution in [0.1, 0.15) is 44.6 Å². The molecule has 0 radical (unpaired) electrons. The summed E-state index contributed by atoms with van der Waals surface area (Å²) in [6.45, 7) is 2.96. The van der Waals surface area contributed by atoms with Crippen LogP contribution in [-0.2, 0) is 13.0 Å². The Labute approximate surface area is 103 Å². The fourth-order valence-electron chi connectivity index (χ4n) is 2.42. The molecule has 0 saturated carbocycles. The van der Waals surface area contributed by atoms with Gasteiger partial charge in [-0.3, -0.25) is 4.68 Å². The molecule has 0 fully saturated rings. The zero-order valence-corrected chi connectivity index (χ0v) is 10.6. The summed E-state index contributed by atoms with van der Waals surface area (Å²) in [5.41, 5.74) is 2.57. The lowest BCUT2D eigenvalue weighted by atomic mass is 9.93. The van der Waals surface area contributed by atoms with Crippen LogP contribution < -0.4 is 0 Å². The number of aliphatic hydroxyl groups excluding tert-OH is 1. The molecule has 0 amide bonds. The molecule has 1 aromatic heterocycles. The standard InChI is InChI=1S/C14H22N2O/c1-2-16-11-13(10-15-16)9-14(17)8-12-6-4-3-5-7-12/h6,10-11,14,17H,2-5,7-9H2,1H3. The van der Waals surface area contributed by atoms with Crippen LogP contribution >= 0.6 is 0 Å². The minimum atomic E-state index is -0.256. The first-order valence-electron chi connectivity index (χ1n) is 6.65. The first kappa shape index (κ1) is 12.4. The fourth-order valence-corrected chi connectivity index (χ4v) is 2.42. The van der Waals surface area contributed by atoms with E-state index in [1.807, 2.05) is 17.1 Å². The molecule has 1 atom stereocenters. The highest BCUT2D eigenvalue weighted by atomic mass is 16.3. The molecule has 94 valence electrons. The van der Waals surface area contributed by atoms with Crippen LogP contribution in [0.25, 0.3) is 0 Å². The Balaban J connectivity index is 1.83. The second-order valence-corrected chi connectivity index (χ2v) is 4.87. The number of nitrogens with zero attached hydrogens (tertiary/aromatic N) is 2. The van der Waals surface area contributed by atoms with Gasteiger partial charge < -0.3 is 5.11 Å². The zero-order valence-electron chi connectivity index (χ0n) is 10.6. The van der Waals surface area contributed by atoms with Gasteiger partial charge in [-0.2, -0.15) is 5.10 Å². The minimum absolute atomic E-state index is 0.256. The van der Waals surface area contributed by atoms with Crippen molar-refractivity contribution >= 4 is 0 Å². The first-order chi connectivity index (χ1) is 8.28. The van der Waals surface area contributed by atoms with Crippen molar-refractivity contribution in [2.45, 2.75) is 58.1 Å². The number of hydrogen-bond acceptors (Lipinski definition) is 2. The predicted molar refractivity (Wildman–Crippen MR) is 68.8 cm³/mol. The fraction of sp³-hybridized carbons (Fsp3) is 0.643. The van der Waals surface area contributed by atoms with Crippen LogP contribution in [0.4, 0.5) is 0 Å². The van der Waals surface area contributed by atoms with Crippen LogP contribution in [0.5, 0.6) is 0 Å². The molecular formula is C14H22N2O. The second-order valence-electron chi connectivity index (χ2n) is 4.87. The van der Waals surface area contributed by atoms with Crippen molar-refractivity contribution in [1.82, 2.24) is 9.78 Å². The van der Waals surface area contributed by atoms with Crippen molar-refractivity contribution in [3.05, 3.63) is 29.6 Å². The van der Waals surface area contributed by atoms with Crippen molar-refractivity contribution in [3.63, 3.8) is 0 Å². The largest absolute Gasteiger partial charge is 0.392 e. The van der Waals surface area contributed by atoms with E-state index in [2.05, 4.69) is 18.1 Å². The summed E-state index contributed by atoms with van der Waals surface area (Å²) in [6.07, 6.45) is 12.4. The summed E-state index contributed by atoms with van der Waals surface area (Å²) in [5.74, 6) is 0. The number of aromatic nitrogens is 2. The van der Waals surface area contributed by atoms with Gasteiger partial charge in [0.25, 0.3) is 0 Å². The van der Waals surface area contributed by atoms with Gasteiger partial charge in [-0.25, -0.2) is 0 Å². The highest BCUT2D eigenvalue weighted by Crippen LogP contribution is 2.22. The molecule has 0 bridgehead atoms. The van der Waals surface area contributed by atoms with E-state index < -0.39 is 0 Å². The molecule has 0 saturated heterocycles. The summed E-state index contributed by atoms with van der Waals surface area (Å²) in [6, 6.07) is 0. The molecule has 1 aliphatic carbocycles. The van der Waals surface area contributed by atoms with Gasteiger partial charge in [-0.15, -0.1) is 0 Å². The zero-order chi connectivity index (χ0) is 12.1. The Morgan fingerprint density at radius 2 is 2.29 bits per heavy atom. The molecule has 0 aliphatic heterocycles. The van der Waals surface area contributed by atoms with E-state index >= 15 is 0 Å². The average molecular weight is 234 g/mol. The molecule has 1 heterocycles. The summed E-state index contributed by atoms with van der Waals surface area (Å²) >= 11 is 0. The molecular weight excluding hydrogens is 212 g/mol. The van der Waals surface area contributed by atoms with Gasteiger partial charge in [0.2, 0.25) is 0 Å². The Hall–Kier alpha value is -1.09. The van der Waals surface area contributed by atoms with Gasteiger partial charge in [0.05, 0.1) is 12.3 Å². The number of rotatable bonds is 5. The highest BCUT2D eigenvalue weighted by Gasteiger charge is 2.11. The molecule has 17 heavy (non-hydrogen) atoms. The number of hydrogen-bond donors (Lipinski definition) is 1. The van der Waals surface area contributed by atoms with E-state index in [0.29, 0.717) is 0 Å². The molecule has 0 aromatic carbocycles. The quantitative estimate of drug-likeness (QED) is 0.795. The Morgan fingerprint density at radius 3 is 2.94 bits per heavy atom. The van der Waals surface area contributed by atoms with Crippen LogP contribution in [0.3, 0.4) is 0 Å². The smallest absolute Gasteiger partial charge is 0.0618 e. The summed E-state index contributed by atoms with van der Waals surface area (Å²) < 4.78 is 1.90. The molecule has 3 heteroatoms. The Morgan fingerprint density at radius 1 is 1.41 bits per heavy atom. The molecule has 1 aromatic rings. The van der Waals surface area contributed by atoms with E-state index in [4.69, 9.17) is 0 Å². The average Bonchev–Trinajstić information content (AvgIpc) is 2.78. The van der Waals surface area contributed by atoms with Crippen molar-refractivity contribution in [2.24, 2.45) is 0 Å². The molecule has 1 N–H and O–H groups in total. The number of aryl methyl sites for hydroxylation is 1. The van der Waals surface area contributed by atoms with Gasteiger partial charge in [-0.05, 0) is 44.6 Å². The van der Waals surface area contributed by atoms with Crippen LogP contribution in [0.2, 0.25) is 0 Å². The minimum Gasteiger partial charge on any atom is -0.392 e. The van der Waals surface area contributed by atoms with Crippen LogP contribution in [0.15, 0.2) is 24.0 Å². The van der Waals surface area contributed by atoms with E-state index in [0.717, 1.165) is 24.9 Å². The van der Waals surface area contributed by atoms with Crippen molar-refractivity contribution in [3.8, 4) is 0 Å². The first-order valence-corrected chi connectivity index (χ1v) is 6.65. The normalized spacial score (nSPS) is 17.9. The van der Waals surface area contributed by atoms with Gasteiger partial charge in [0, 0.05) is 19.2 Å². The van der Waals surface area contributed by atoms with Gasteiger partial charge in [0.1, 0.15) is 0 Å². The van der Waals surface area contributed by atoms with Gasteiger partial charge in [-0.1, -0.05) is 11.6 Å². The van der Waals surface area contributed by atoms with E-state index in [1.165, 1.54) is 31.3 Å². The van der Waals surface area contributed by atoms with E-state index in [9.17, 15) is 5.11 Å². The predicted octanol–water partition coefficient (Wildman–Crippen LogP) is 2.70. The molecule has 3 nitrogen and oxygen atoms in total. The number of allylic oxidation sites excluding steroid dienone is 1. The summed E-state index contributed by atoms with van der Waals surface area (Å²) in [5, 5.41) is 14.3. The molecule has 0 spiro atoms. The van der Waals surface area contributed by atoms with Gasteiger partial charge >= 0.3 is 0 Å². The lowest BCUT2D eigenvalue weighted by Crippen LogP contribution is -2.12. The van der Waals surface area contributed by atoms with Crippen LogP contribution in [0, 0.1) is 0 Å². The lowest BCUT2D eigenvalue weighted by molar-refractivity contribution is 0.173. The third-order valence-electron chi connectivity index (χ3n) is 3.36. The Bertz CT molecular complexity index is 381.